The molecule has 0 spiro atoms. The van der Waals surface area contributed by atoms with Crippen LogP contribution >= 0.6 is 28.1 Å². The molecule has 1 fully saturated rings. The number of rotatable bonds is 2. The van der Waals surface area contributed by atoms with Crippen LogP contribution in [0.4, 0.5) is 0 Å². The van der Waals surface area contributed by atoms with Gasteiger partial charge in [0.25, 0.3) is 5.91 Å². The maximum absolute atomic E-state index is 12.3. The molecule has 1 aromatic carbocycles. The van der Waals surface area contributed by atoms with Crippen LogP contribution in [0.2, 0.25) is 0 Å². The second-order valence-electron chi connectivity index (χ2n) is 4.65. The zero-order valence-corrected chi connectivity index (χ0v) is 13.7. The molecule has 1 aliphatic rings. The summed E-state index contributed by atoms with van der Waals surface area (Å²) in [5.74, 6) is 0.297. The Labute approximate surface area is 132 Å². The average Bonchev–Trinajstić information content (AvgIpc) is 2.48. The largest absolute Gasteiger partial charge is 0.496 e. The molecule has 6 heteroatoms. The number of hydrogen-bond acceptors (Lipinski definition) is 3. The van der Waals surface area contributed by atoms with Crippen LogP contribution in [0.5, 0.6) is 5.75 Å². The first-order valence-corrected chi connectivity index (χ1v) is 7.75. The highest BCUT2D eigenvalue weighted by atomic mass is 79.9. The number of amides is 1. The van der Waals surface area contributed by atoms with E-state index in [0.29, 0.717) is 16.4 Å². The number of likely N-dealkylation sites (tertiary alicyclic amines) is 1. The van der Waals surface area contributed by atoms with Crippen molar-refractivity contribution in [2.75, 3.05) is 20.2 Å². The quantitative estimate of drug-likeness (QED) is 0.827. The number of piperidine rings is 1. The lowest BCUT2D eigenvalue weighted by molar-refractivity contribution is 0.0969. The zero-order chi connectivity index (χ0) is 14.5. The monoisotopic (exact) mass is 356 g/mol. The third-order valence-electron chi connectivity index (χ3n) is 3.27. The number of carbonyl (C=O) groups is 1. The Balaban J connectivity index is 2.07. The molecule has 0 bridgehead atoms. The van der Waals surface area contributed by atoms with E-state index in [-0.39, 0.29) is 5.91 Å². The summed E-state index contributed by atoms with van der Waals surface area (Å²) < 4.78 is 6.04. The molecule has 20 heavy (non-hydrogen) atoms. The molecule has 4 nitrogen and oxygen atoms in total. The van der Waals surface area contributed by atoms with Gasteiger partial charge >= 0.3 is 0 Å². The second-order valence-corrected chi connectivity index (χ2v) is 5.95. The number of nitrogens with zero attached hydrogens (tertiary/aromatic N) is 1. The lowest BCUT2D eigenvalue weighted by Gasteiger charge is -2.29. The Morgan fingerprint density at radius 3 is 2.70 bits per heavy atom. The molecule has 0 aliphatic carbocycles. The van der Waals surface area contributed by atoms with Crippen molar-refractivity contribution in [3.63, 3.8) is 0 Å². The molecule has 108 valence electrons. The van der Waals surface area contributed by atoms with Gasteiger partial charge in [-0.1, -0.05) is 15.9 Å². The van der Waals surface area contributed by atoms with Crippen LogP contribution in [0.3, 0.4) is 0 Å². The molecule has 1 aromatic rings. The zero-order valence-electron chi connectivity index (χ0n) is 11.3. The lowest BCUT2D eigenvalue weighted by Crippen LogP contribution is -2.45. The number of carbonyl (C=O) groups excluding carboxylic acids is 1. The third-order valence-corrected chi connectivity index (χ3v) is 4.12. The summed E-state index contributed by atoms with van der Waals surface area (Å²) in [5, 5.41) is 3.28. The summed E-state index contributed by atoms with van der Waals surface area (Å²) in [7, 11) is 1.54. The van der Waals surface area contributed by atoms with Crippen molar-refractivity contribution < 1.29 is 9.53 Å². The first-order valence-electron chi connectivity index (χ1n) is 6.55. The van der Waals surface area contributed by atoms with E-state index in [4.69, 9.17) is 17.0 Å². The van der Waals surface area contributed by atoms with Gasteiger partial charge in [0.15, 0.2) is 5.11 Å². The fourth-order valence-corrected chi connectivity index (χ4v) is 2.83. The fourth-order valence-electron chi connectivity index (χ4n) is 2.20. The predicted molar refractivity (Wildman–Crippen MR) is 86.2 cm³/mol. The minimum absolute atomic E-state index is 0.237. The lowest BCUT2D eigenvalue weighted by atomic mass is 10.1. The summed E-state index contributed by atoms with van der Waals surface area (Å²) in [4.78, 5) is 14.3. The SMILES string of the molecule is COc1ccc(Br)cc1C(=O)NC(=S)N1CCCCC1. The normalized spacial score (nSPS) is 14.8. The molecule has 1 amide bonds. The Hall–Kier alpha value is -1.14. The molecule has 1 saturated heterocycles. The summed E-state index contributed by atoms with van der Waals surface area (Å²) in [6, 6.07) is 5.31. The number of ether oxygens (including phenoxy) is 1. The molecule has 1 heterocycles. The van der Waals surface area contributed by atoms with E-state index >= 15 is 0 Å². The number of nitrogens with one attached hydrogen (secondary N) is 1. The van der Waals surface area contributed by atoms with Gasteiger partial charge in [0.05, 0.1) is 12.7 Å². The van der Waals surface area contributed by atoms with Crippen LogP contribution in [0.25, 0.3) is 0 Å². The van der Waals surface area contributed by atoms with E-state index in [1.54, 1.807) is 19.2 Å². The first-order chi connectivity index (χ1) is 9.61. The summed E-state index contributed by atoms with van der Waals surface area (Å²) in [5.41, 5.74) is 0.473. The van der Waals surface area contributed by atoms with Crippen molar-refractivity contribution in [2.24, 2.45) is 0 Å². The van der Waals surface area contributed by atoms with Gasteiger partial charge in [0.1, 0.15) is 5.75 Å². The minimum Gasteiger partial charge on any atom is -0.496 e. The number of methoxy groups -OCH3 is 1. The summed E-state index contributed by atoms with van der Waals surface area (Å²) >= 11 is 8.66. The number of hydrogen-bond donors (Lipinski definition) is 1. The van der Waals surface area contributed by atoms with Gasteiger partial charge in [-0.05, 0) is 49.7 Å². The summed E-state index contributed by atoms with van der Waals surface area (Å²) in [6.07, 6.45) is 3.47. The highest BCUT2D eigenvalue weighted by molar-refractivity contribution is 9.10. The van der Waals surface area contributed by atoms with E-state index in [2.05, 4.69) is 21.2 Å². The van der Waals surface area contributed by atoms with E-state index in [9.17, 15) is 4.79 Å². The average molecular weight is 357 g/mol. The van der Waals surface area contributed by atoms with Gasteiger partial charge < -0.3 is 9.64 Å². The van der Waals surface area contributed by atoms with Gasteiger partial charge in [0, 0.05) is 17.6 Å². The molecule has 0 radical (unpaired) electrons. The molecule has 0 unspecified atom stereocenters. The second kappa shape index (κ2) is 7.04. The van der Waals surface area contributed by atoms with Crippen molar-refractivity contribution in [1.29, 1.82) is 0 Å². The topological polar surface area (TPSA) is 41.6 Å². The predicted octanol–water partition coefficient (Wildman–Crippen LogP) is 2.96. The Morgan fingerprint density at radius 2 is 2.05 bits per heavy atom. The molecule has 2 rings (SSSR count). The minimum atomic E-state index is -0.237. The standard InChI is InChI=1S/C14H17BrN2O2S/c1-19-12-6-5-10(15)9-11(12)13(18)16-14(20)17-7-3-2-4-8-17/h5-6,9H,2-4,7-8H2,1H3,(H,16,18,20). The van der Waals surface area contributed by atoms with Crippen molar-refractivity contribution >= 4 is 39.2 Å². The van der Waals surface area contributed by atoms with Gasteiger partial charge in [-0.2, -0.15) is 0 Å². The molecular formula is C14H17BrN2O2S. The van der Waals surface area contributed by atoms with Gasteiger partial charge in [-0.15, -0.1) is 0 Å². The summed E-state index contributed by atoms with van der Waals surface area (Å²) in [6.45, 7) is 1.82. The smallest absolute Gasteiger partial charge is 0.261 e. The molecule has 1 aliphatic heterocycles. The van der Waals surface area contributed by atoms with Crippen LogP contribution in [-0.2, 0) is 0 Å². The van der Waals surface area contributed by atoms with Gasteiger partial charge in [0.2, 0.25) is 0 Å². The van der Waals surface area contributed by atoms with Crippen molar-refractivity contribution in [3.05, 3.63) is 28.2 Å². The first kappa shape index (κ1) is 15.3. The van der Waals surface area contributed by atoms with Crippen LogP contribution in [0.15, 0.2) is 22.7 Å². The highest BCUT2D eigenvalue weighted by Gasteiger charge is 2.18. The number of halogens is 1. The molecule has 0 atom stereocenters. The van der Waals surface area contributed by atoms with Crippen LogP contribution in [0, 0.1) is 0 Å². The molecule has 1 N–H and O–H groups in total. The van der Waals surface area contributed by atoms with E-state index < -0.39 is 0 Å². The van der Waals surface area contributed by atoms with Gasteiger partial charge in [-0.3, -0.25) is 10.1 Å². The molecular weight excluding hydrogens is 340 g/mol. The highest BCUT2D eigenvalue weighted by Crippen LogP contribution is 2.23. The fraction of sp³-hybridized carbons (Fsp3) is 0.429. The molecule has 0 saturated carbocycles. The Kier molecular flexibility index (Phi) is 5.37. The number of thiocarbonyl (C=S) groups is 1. The van der Waals surface area contributed by atoms with Crippen LogP contribution in [0.1, 0.15) is 29.6 Å². The number of benzene rings is 1. The van der Waals surface area contributed by atoms with Crippen molar-refractivity contribution in [1.82, 2.24) is 10.2 Å². The van der Waals surface area contributed by atoms with Crippen LogP contribution < -0.4 is 10.1 Å². The maximum Gasteiger partial charge on any atom is 0.261 e. The van der Waals surface area contributed by atoms with Crippen molar-refractivity contribution in [2.45, 2.75) is 19.3 Å². The maximum atomic E-state index is 12.3. The van der Waals surface area contributed by atoms with E-state index in [1.807, 2.05) is 11.0 Å². The van der Waals surface area contributed by atoms with Gasteiger partial charge in [-0.25, -0.2) is 0 Å². The third kappa shape index (κ3) is 3.70. The van der Waals surface area contributed by atoms with E-state index in [1.165, 1.54) is 6.42 Å². The van der Waals surface area contributed by atoms with E-state index in [0.717, 1.165) is 30.4 Å². The molecule has 0 aromatic heterocycles. The Morgan fingerprint density at radius 1 is 1.35 bits per heavy atom. The van der Waals surface area contributed by atoms with Crippen LogP contribution in [-0.4, -0.2) is 36.1 Å². The van der Waals surface area contributed by atoms with Crippen molar-refractivity contribution in [3.8, 4) is 5.75 Å². The Bertz CT molecular complexity index is 516.